The summed E-state index contributed by atoms with van der Waals surface area (Å²) in [5.74, 6) is 0.582. The largest absolute Gasteiger partial charge is 0.480 e. The van der Waals surface area contributed by atoms with Crippen LogP contribution < -0.4 is 5.73 Å². The first kappa shape index (κ1) is 9.83. The molecule has 4 nitrogen and oxygen atoms in total. The number of rotatable bonds is 5. The first-order valence-electron chi connectivity index (χ1n) is 3.82. The van der Waals surface area contributed by atoms with Gasteiger partial charge in [0.1, 0.15) is 5.54 Å². The number of hydrogen-bond donors (Lipinski definition) is 3. The number of nitrogens with two attached hydrogens (primary N) is 1. The number of aliphatic hydroxyl groups excluding tert-OH is 1. The fourth-order valence-electron chi connectivity index (χ4n) is 1.11. The molecule has 0 saturated heterocycles. The number of carbonyl (C=O) groups is 1. The molecule has 0 bridgehead atoms. The molecule has 0 unspecified atom stereocenters. The van der Waals surface area contributed by atoms with E-state index in [0.29, 0.717) is 12.2 Å². The molecular formula is C7H13NO3S. The third-order valence-corrected chi connectivity index (χ3v) is 3.21. The lowest BCUT2D eigenvalue weighted by Crippen LogP contribution is -2.35. The van der Waals surface area contributed by atoms with Crippen LogP contribution in [0.4, 0.5) is 0 Å². The van der Waals surface area contributed by atoms with E-state index in [-0.39, 0.29) is 12.5 Å². The summed E-state index contributed by atoms with van der Waals surface area (Å²) in [4.78, 5) is 10.5. The summed E-state index contributed by atoms with van der Waals surface area (Å²) in [7, 11) is 0. The number of thioether (sulfide) groups is 1. The SMILES string of the molecule is N[C@@]1(C(=O)O)C[C@H]1CSCCO. The lowest BCUT2D eigenvalue weighted by Gasteiger charge is -2.03. The molecule has 1 aliphatic carbocycles. The molecular weight excluding hydrogens is 178 g/mol. The van der Waals surface area contributed by atoms with Crippen molar-refractivity contribution in [2.45, 2.75) is 12.0 Å². The third-order valence-electron chi connectivity index (χ3n) is 2.11. The molecule has 0 aromatic rings. The van der Waals surface area contributed by atoms with Crippen LogP contribution in [0.3, 0.4) is 0 Å². The molecule has 1 saturated carbocycles. The smallest absolute Gasteiger partial charge is 0.324 e. The van der Waals surface area contributed by atoms with Crippen LogP contribution in [0.5, 0.6) is 0 Å². The Morgan fingerprint density at radius 3 is 2.83 bits per heavy atom. The number of carboxylic acid groups (broad SMARTS) is 1. The van der Waals surface area contributed by atoms with Gasteiger partial charge in [0, 0.05) is 5.75 Å². The van der Waals surface area contributed by atoms with E-state index < -0.39 is 11.5 Å². The second kappa shape index (κ2) is 3.64. The number of hydrogen-bond acceptors (Lipinski definition) is 4. The Labute approximate surface area is 75.1 Å². The quantitative estimate of drug-likeness (QED) is 0.511. The van der Waals surface area contributed by atoms with Gasteiger partial charge in [0.2, 0.25) is 0 Å². The van der Waals surface area contributed by atoms with Crippen molar-refractivity contribution < 1.29 is 15.0 Å². The average molecular weight is 191 g/mol. The molecule has 0 aromatic carbocycles. The number of aliphatic hydroxyl groups is 1. The summed E-state index contributed by atoms with van der Waals surface area (Å²) in [6, 6.07) is 0. The fourth-order valence-corrected chi connectivity index (χ4v) is 2.10. The molecule has 5 heteroatoms. The second-order valence-corrected chi connectivity index (χ2v) is 4.19. The van der Waals surface area contributed by atoms with Crippen molar-refractivity contribution in [1.82, 2.24) is 0 Å². The molecule has 0 aromatic heterocycles. The Bertz CT molecular complexity index is 187. The van der Waals surface area contributed by atoms with E-state index in [1.54, 1.807) is 11.8 Å². The first-order valence-corrected chi connectivity index (χ1v) is 4.97. The van der Waals surface area contributed by atoms with E-state index in [1.165, 1.54) is 0 Å². The van der Waals surface area contributed by atoms with E-state index in [2.05, 4.69) is 0 Å². The zero-order valence-electron chi connectivity index (χ0n) is 6.69. The fraction of sp³-hybridized carbons (Fsp3) is 0.857. The van der Waals surface area contributed by atoms with Crippen LogP contribution in [-0.2, 0) is 4.79 Å². The predicted molar refractivity (Wildman–Crippen MR) is 47.1 cm³/mol. The third kappa shape index (κ3) is 1.91. The van der Waals surface area contributed by atoms with Crippen molar-refractivity contribution in [3.63, 3.8) is 0 Å². The van der Waals surface area contributed by atoms with Gasteiger partial charge in [-0.25, -0.2) is 0 Å². The molecule has 1 fully saturated rings. The molecule has 70 valence electrons. The van der Waals surface area contributed by atoms with Crippen LogP contribution >= 0.6 is 11.8 Å². The molecule has 2 atom stereocenters. The van der Waals surface area contributed by atoms with Gasteiger partial charge in [-0.1, -0.05) is 0 Å². The van der Waals surface area contributed by atoms with Gasteiger partial charge in [-0.15, -0.1) is 0 Å². The van der Waals surface area contributed by atoms with Crippen LogP contribution in [0, 0.1) is 5.92 Å². The average Bonchev–Trinajstić information content (AvgIpc) is 2.64. The number of carboxylic acids is 1. The Kier molecular flexibility index (Phi) is 2.98. The zero-order chi connectivity index (χ0) is 9.19. The van der Waals surface area contributed by atoms with Gasteiger partial charge in [-0.05, 0) is 18.1 Å². The summed E-state index contributed by atoms with van der Waals surface area (Å²) in [5, 5.41) is 17.1. The van der Waals surface area contributed by atoms with E-state index in [9.17, 15) is 4.79 Å². The molecule has 12 heavy (non-hydrogen) atoms. The topological polar surface area (TPSA) is 83.6 Å². The van der Waals surface area contributed by atoms with Gasteiger partial charge >= 0.3 is 5.97 Å². The minimum absolute atomic E-state index is 0.0894. The normalized spacial score (nSPS) is 33.3. The van der Waals surface area contributed by atoms with Crippen molar-refractivity contribution in [3.8, 4) is 0 Å². The maximum Gasteiger partial charge on any atom is 0.324 e. The van der Waals surface area contributed by atoms with Crippen molar-refractivity contribution in [2.75, 3.05) is 18.1 Å². The van der Waals surface area contributed by atoms with Crippen molar-refractivity contribution in [1.29, 1.82) is 0 Å². The minimum atomic E-state index is -0.970. The van der Waals surface area contributed by atoms with E-state index in [4.69, 9.17) is 15.9 Å². The van der Waals surface area contributed by atoms with E-state index in [0.717, 1.165) is 5.75 Å². The van der Waals surface area contributed by atoms with Gasteiger partial charge in [0.25, 0.3) is 0 Å². The van der Waals surface area contributed by atoms with Crippen LogP contribution in [0.15, 0.2) is 0 Å². The molecule has 0 amide bonds. The van der Waals surface area contributed by atoms with Crippen molar-refractivity contribution in [3.05, 3.63) is 0 Å². The van der Waals surface area contributed by atoms with Crippen molar-refractivity contribution in [2.24, 2.45) is 11.7 Å². The van der Waals surface area contributed by atoms with Gasteiger partial charge in [-0.3, -0.25) is 4.79 Å². The highest BCUT2D eigenvalue weighted by atomic mass is 32.2. The lowest BCUT2D eigenvalue weighted by atomic mass is 10.2. The maximum absolute atomic E-state index is 10.5. The molecule has 4 N–H and O–H groups in total. The van der Waals surface area contributed by atoms with Gasteiger partial charge in [-0.2, -0.15) is 11.8 Å². The Hall–Kier alpha value is -0.260. The molecule has 1 aliphatic rings. The first-order chi connectivity index (χ1) is 5.61. The lowest BCUT2D eigenvalue weighted by molar-refractivity contribution is -0.139. The number of aliphatic carboxylic acids is 1. The second-order valence-electron chi connectivity index (χ2n) is 3.05. The Balaban J connectivity index is 2.19. The Morgan fingerprint density at radius 2 is 2.42 bits per heavy atom. The van der Waals surface area contributed by atoms with Crippen LogP contribution in [0.1, 0.15) is 6.42 Å². The molecule has 0 heterocycles. The standard InChI is InChI=1S/C7H13NO3S/c8-7(6(10)11)3-5(7)4-12-2-1-9/h5,9H,1-4,8H2,(H,10,11)/t5-,7-/m0/s1. The van der Waals surface area contributed by atoms with E-state index in [1.807, 2.05) is 0 Å². The summed E-state index contributed by atoms with van der Waals surface area (Å²) in [6.07, 6.45) is 0.570. The zero-order valence-corrected chi connectivity index (χ0v) is 7.51. The van der Waals surface area contributed by atoms with Gasteiger partial charge in [0.05, 0.1) is 6.61 Å². The summed E-state index contributed by atoms with van der Waals surface area (Å²) in [5.41, 5.74) is 4.57. The molecule has 0 spiro atoms. The summed E-state index contributed by atoms with van der Waals surface area (Å²) >= 11 is 1.55. The molecule has 0 aliphatic heterocycles. The monoisotopic (exact) mass is 191 g/mol. The van der Waals surface area contributed by atoms with Gasteiger partial charge < -0.3 is 15.9 Å². The maximum atomic E-state index is 10.5. The highest BCUT2D eigenvalue weighted by molar-refractivity contribution is 7.99. The van der Waals surface area contributed by atoms with Crippen LogP contribution in [0.25, 0.3) is 0 Å². The van der Waals surface area contributed by atoms with Gasteiger partial charge in [0.15, 0.2) is 0 Å². The highest BCUT2D eigenvalue weighted by Gasteiger charge is 2.57. The minimum Gasteiger partial charge on any atom is -0.480 e. The van der Waals surface area contributed by atoms with Crippen molar-refractivity contribution >= 4 is 17.7 Å². The Morgan fingerprint density at radius 1 is 1.75 bits per heavy atom. The summed E-state index contributed by atoms with van der Waals surface area (Å²) in [6.45, 7) is 0.141. The van der Waals surface area contributed by atoms with Crippen LogP contribution in [0.2, 0.25) is 0 Å². The molecule has 0 radical (unpaired) electrons. The predicted octanol–water partition coefficient (Wildman–Crippen LogP) is -0.486. The summed E-state index contributed by atoms with van der Waals surface area (Å²) < 4.78 is 0. The van der Waals surface area contributed by atoms with E-state index >= 15 is 0 Å². The molecule has 1 rings (SSSR count). The van der Waals surface area contributed by atoms with Crippen LogP contribution in [-0.4, -0.2) is 39.8 Å². The highest BCUT2D eigenvalue weighted by Crippen LogP contribution is 2.43.